The molecule has 2 heterocycles. The number of anilines is 1. The highest BCUT2D eigenvalue weighted by molar-refractivity contribution is 5.36. The molecule has 1 aliphatic rings. The van der Waals surface area contributed by atoms with Gasteiger partial charge in [-0.15, -0.1) is 0 Å². The van der Waals surface area contributed by atoms with Crippen molar-refractivity contribution in [2.24, 2.45) is 0 Å². The molecule has 0 amide bonds. The molecular weight excluding hydrogens is 224 g/mol. The van der Waals surface area contributed by atoms with Gasteiger partial charge in [0.05, 0.1) is 18.3 Å². The summed E-state index contributed by atoms with van der Waals surface area (Å²) in [6, 6.07) is 5.87. The molecule has 1 saturated heterocycles. The Labute approximate surface area is 99.8 Å². The largest absolute Gasteiger partial charge is 0.364 e. The standard InChI is InChI=1S/C12H17F2N3/c1-17-7-3-5-10(17)9-4-2-6-12(16-9)15-8-11(13)14/h2,4,6,10-11H,3,5,7-8H2,1H3,(H,15,16)/t10-/m0/s1. The summed E-state index contributed by atoms with van der Waals surface area (Å²) in [4.78, 5) is 6.64. The number of alkyl halides is 2. The van der Waals surface area contributed by atoms with Crippen molar-refractivity contribution in [2.75, 3.05) is 25.5 Å². The Bertz CT molecular complexity index is 371. The van der Waals surface area contributed by atoms with E-state index in [2.05, 4.69) is 22.2 Å². The molecule has 3 nitrogen and oxygen atoms in total. The van der Waals surface area contributed by atoms with Crippen molar-refractivity contribution < 1.29 is 8.78 Å². The summed E-state index contributed by atoms with van der Waals surface area (Å²) in [6.07, 6.45) is -0.103. The highest BCUT2D eigenvalue weighted by Gasteiger charge is 2.23. The molecule has 0 spiro atoms. The summed E-state index contributed by atoms with van der Waals surface area (Å²) in [5.74, 6) is 0.531. The quantitative estimate of drug-likeness (QED) is 0.878. The van der Waals surface area contributed by atoms with Gasteiger partial charge in [0.2, 0.25) is 0 Å². The summed E-state index contributed by atoms with van der Waals surface area (Å²) < 4.78 is 24.2. The van der Waals surface area contributed by atoms with E-state index in [1.54, 1.807) is 6.07 Å². The summed E-state index contributed by atoms with van der Waals surface area (Å²) in [5.41, 5.74) is 0.962. The predicted octanol–water partition coefficient (Wildman–Crippen LogP) is 2.53. The van der Waals surface area contributed by atoms with Gasteiger partial charge in [0.1, 0.15) is 5.82 Å². The second-order valence-electron chi connectivity index (χ2n) is 4.36. The van der Waals surface area contributed by atoms with E-state index in [9.17, 15) is 8.78 Å². The third kappa shape index (κ3) is 3.12. The van der Waals surface area contributed by atoms with E-state index in [1.807, 2.05) is 12.1 Å². The first-order valence-electron chi connectivity index (χ1n) is 5.86. The Hall–Kier alpha value is -1.23. The van der Waals surface area contributed by atoms with E-state index >= 15 is 0 Å². The topological polar surface area (TPSA) is 28.2 Å². The lowest BCUT2D eigenvalue weighted by atomic mass is 10.1. The molecule has 1 aromatic rings. The lowest BCUT2D eigenvalue weighted by molar-refractivity contribution is 0.163. The fraction of sp³-hybridized carbons (Fsp3) is 0.583. The molecule has 1 aromatic heterocycles. The minimum atomic E-state index is -2.35. The van der Waals surface area contributed by atoms with Gasteiger partial charge in [-0.25, -0.2) is 13.8 Å². The highest BCUT2D eigenvalue weighted by atomic mass is 19.3. The van der Waals surface area contributed by atoms with Gasteiger partial charge < -0.3 is 5.32 Å². The Morgan fingerprint density at radius 1 is 1.53 bits per heavy atom. The van der Waals surface area contributed by atoms with Crippen LogP contribution in [0.4, 0.5) is 14.6 Å². The Morgan fingerprint density at radius 3 is 3.00 bits per heavy atom. The molecule has 0 aliphatic carbocycles. The molecule has 0 radical (unpaired) electrons. The van der Waals surface area contributed by atoms with Crippen LogP contribution in [0.3, 0.4) is 0 Å². The minimum Gasteiger partial charge on any atom is -0.364 e. The van der Waals surface area contributed by atoms with Crippen molar-refractivity contribution in [3.05, 3.63) is 23.9 Å². The minimum absolute atomic E-state index is 0.322. The van der Waals surface area contributed by atoms with Crippen LogP contribution in [0.25, 0.3) is 0 Å². The van der Waals surface area contributed by atoms with E-state index in [0.29, 0.717) is 11.9 Å². The number of hydrogen-bond acceptors (Lipinski definition) is 3. The van der Waals surface area contributed by atoms with Crippen LogP contribution < -0.4 is 5.32 Å². The van der Waals surface area contributed by atoms with Crippen molar-refractivity contribution in [3.63, 3.8) is 0 Å². The molecule has 0 bridgehead atoms. The Balaban J connectivity index is 2.05. The van der Waals surface area contributed by atoms with E-state index in [-0.39, 0.29) is 6.54 Å². The Morgan fingerprint density at radius 2 is 2.35 bits per heavy atom. The number of halogens is 2. The zero-order valence-electron chi connectivity index (χ0n) is 9.87. The molecule has 1 fully saturated rings. The second kappa shape index (κ2) is 5.40. The van der Waals surface area contributed by atoms with Crippen LogP contribution in [0.5, 0.6) is 0 Å². The number of likely N-dealkylation sites (tertiary alicyclic amines) is 1. The van der Waals surface area contributed by atoms with Crippen LogP contribution in [-0.4, -0.2) is 36.4 Å². The first-order chi connectivity index (χ1) is 8.16. The maximum Gasteiger partial charge on any atom is 0.255 e. The van der Waals surface area contributed by atoms with Gasteiger partial charge >= 0.3 is 0 Å². The van der Waals surface area contributed by atoms with Crippen molar-refractivity contribution >= 4 is 5.82 Å². The maximum absolute atomic E-state index is 12.1. The van der Waals surface area contributed by atoms with E-state index in [4.69, 9.17) is 0 Å². The van der Waals surface area contributed by atoms with Crippen LogP contribution in [0.15, 0.2) is 18.2 Å². The van der Waals surface area contributed by atoms with Gasteiger partial charge in [-0.05, 0) is 38.6 Å². The summed E-state index contributed by atoms with van der Waals surface area (Å²) in [6.45, 7) is 0.720. The highest BCUT2D eigenvalue weighted by Crippen LogP contribution is 2.29. The summed E-state index contributed by atoms with van der Waals surface area (Å²) >= 11 is 0. The normalized spacial score (nSPS) is 21.1. The van der Waals surface area contributed by atoms with Crippen molar-refractivity contribution in [2.45, 2.75) is 25.3 Å². The van der Waals surface area contributed by atoms with Crippen molar-refractivity contribution in [1.29, 1.82) is 0 Å². The molecule has 1 atom stereocenters. The molecule has 1 N–H and O–H groups in total. The average Bonchev–Trinajstić information content (AvgIpc) is 2.73. The van der Waals surface area contributed by atoms with Crippen LogP contribution >= 0.6 is 0 Å². The molecule has 0 aromatic carbocycles. The van der Waals surface area contributed by atoms with Gasteiger partial charge in [-0.3, -0.25) is 4.90 Å². The lowest BCUT2D eigenvalue weighted by Crippen LogP contribution is -2.19. The number of nitrogens with zero attached hydrogens (tertiary/aromatic N) is 2. The van der Waals surface area contributed by atoms with Gasteiger partial charge in [-0.1, -0.05) is 6.07 Å². The molecule has 2 rings (SSSR count). The second-order valence-corrected chi connectivity index (χ2v) is 4.36. The fourth-order valence-electron chi connectivity index (χ4n) is 2.20. The van der Waals surface area contributed by atoms with Crippen LogP contribution in [0.2, 0.25) is 0 Å². The molecule has 0 saturated carbocycles. The fourth-order valence-corrected chi connectivity index (χ4v) is 2.20. The van der Waals surface area contributed by atoms with Gasteiger partial charge in [0.15, 0.2) is 0 Å². The SMILES string of the molecule is CN1CCC[C@H]1c1cccc(NCC(F)F)n1. The number of rotatable bonds is 4. The summed E-state index contributed by atoms with van der Waals surface area (Å²) in [7, 11) is 2.07. The van der Waals surface area contributed by atoms with Crippen LogP contribution in [-0.2, 0) is 0 Å². The Kier molecular flexibility index (Phi) is 3.89. The average molecular weight is 241 g/mol. The zero-order valence-corrected chi connectivity index (χ0v) is 9.87. The molecule has 94 valence electrons. The van der Waals surface area contributed by atoms with E-state index in [1.165, 1.54) is 0 Å². The van der Waals surface area contributed by atoms with Gasteiger partial charge in [0, 0.05) is 0 Å². The first kappa shape index (κ1) is 12.2. The number of pyridine rings is 1. The van der Waals surface area contributed by atoms with Crippen molar-refractivity contribution in [1.82, 2.24) is 9.88 Å². The smallest absolute Gasteiger partial charge is 0.255 e. The third-order valence-corrected chi connectivity index (χ3v) is 3.07. The maximum atomic E-state index is 12.1. The molecule has 5 heteroatoms. The van der Waals surface area contributed by atoms with Crippen molar-refractivity contribution in [3.8, 4) is 0 Å². The van der Waals surface area contributed by atoms with Crippen LogP contribution in [0, 0.1) is 0 Å². The van der Waals surface area contributed by atoms with E-state index in [0.717, 1.165) is 25.1 Å². The third-order valence-electron chi connectivity index (χ3n) is 3.07. The van der Waals surface area contributed by atoms with Crippen LogP contribution in [0.1, 0.15) is 24.6 Å². The zero-order chi connectivity index (χ0) is 12.3. The molecule has 1 aliphatic heterocycles. The lowest BCUT2D eigenvalue weighted by Gasteiger charge is -2.19. The molecule has 17 heavy (non-hydrogen) atoms. The predicted molar refractivity (Wildman–Crippen MR) is 63.3 cm³/mol. The number of hydrogen-bond donors (Lipinski definition) is 1. The first-order valence-corrected chi connectivity index (χ1v) is 5.86. The van der Waals surface area contributed by atoms with Gasteiger partial charge in [0.25, 0.3) is 6.43 Å². The molecular formula is C12H17F2N3. The molecule has 0 unspecified atom stereocenters. The van der Waals surface area contributed by atoms with Gasteiger partial charge in [-0.2, -0.15) is 0 Å². The number of nitrogens with one attached hydrogen (secondary N) is 1. The van der Waals surface area contributed by atoms with E-state index < -0.39 is 6.43 Å². The number of aromatic nitrogens is 1. The monoisotopic (exact) mass is 241 g/mol. The summed E-state index contributed by atoms with van der Waals surface area (Å²) in [5, 5.41) is 2.64.